The summed E-state index contributed by atoms with van der Waals surface area (Å²) in [5.41, 5.74) is 1.06. The molecule has 0 spiro atoms. The molecule has 20 heavy (non-hydrogen) atoms. The Bertz CT molecular complexity index is 787. The molecule has 100 valence electrons. The van der Waals surface area contributed by atoms with Crippen LogP contribution in [0.15, 0.2) is 63.8 Å². The molecule has 0 radical (unpaired) electrons. The third-order valence-electron chi connectivity index (χ3n) is 2.94. The second kappa shape index (κ2) is 5.09. The monoisotopic (exact) mass is 268 g/mol. The van der Waals surface area contributed by atoms with Crippen LogP contribution >= 0.6 is 0 Å². The van der Waals surface area contributed by atoms with E-state index in [1.165, 1.54) is 6.07 Å². The van der Waals surface area contributed by atoms with Gasteiger partial charge < -0.3 is 14.3 Å². The molecule has 0 aliphatic rings. The number of fused-ring (bicyclic) bond motifs is 1. The van der Waals surface area contributed by atoms with Gasteiger partial charge in [-0.25, -0.2) is 4.79 Å². The third kappa shape index (κ3) is 2.64. The first kappa shape index (κ1) is 12.3. The minimum absolute atomic E-state index is 0.223. The van der Waals surface area contributed by atoms with Crippen LogP contribution in [-0.4, -0.2) is 5.11 Å². The van der Waals surface area contributed by atoms with Gasteiger partial charge in [0.05, 0.1) is 0 Å². The maximum Gasteiger partial charge on any atom is 0.336 e. The fourth-order valence-corrected chi connectivity index (χ4v) is 1.89. The van der Waals surface area contributed by atoms with Gasteiger partial charge in [0.1, 0.15) is 23.7 Å². The highest BCUT2D eigenvalue weighted by Gasteiger charge is 2.01. The number of ether oxygens (including phenoxy) is 1. The minimum atomic E-state index is -0.381. The van der Waals surface area contributed by atoms with Crippen molar-refractivity contribution in [3.63, 3.8) is 0 Å². The molecule has 1 N–H and O–H groups in total. The molecule has 0 saturated heterocycles. The van der Waals surface area contributed by atoms with E-state index in [1.807, 2.05) is 12.1 Å². The highest BCUT2D eigenvalue weighted by molar-refractivity contribution is 5.77. The van der Waals surface area contributed by atoms with Crippen molar-refractivity contribution in [1.82, 2.24) is 0 Å². The van der Waals surface area contributed by atoms with Crippen LogP contribution in [0.25, 0.3) is 11.0 Å². The first-order valence-electron chi connectivity index (χ1n) is 6.15. The van der Waals surface area contributed by atoms with E-state index in [0.717, 1.165) is 10.9 Å². The van der Waals surface area contributed by atoms with Crippen molar-refractivity contribution >= 4 is 11.0 Å². The quantitative estimate of drug-likeness (QED) is 0.741. The van der Waals surface area contributed by atoms with Crippen LogP contribution in [-0.2, 0) is 6.61 Å². The predicted octanol–water partition coefficient (Wildman–Crippen LogP) is 3.08. The normalized spacial score (nSPS) is 10.6. The summed E-state index contributed by atoms with van der Waals surface area (Å²) in [7, 11) is 0. The van der Waals surface area contributed by atoms with Gasteiger partial charge in [-0.2, -0.15) is 0 Å². The smallest absolute Gasteiger partial charge is 0.336 e. The molecule has 0 atom stereocenters. The number of aromatic hydroxyl groups is 1. The van der Waals surface area contributed by atoms with Gasteiger partial charge in [-0.3, -0.25) is 0 Å². The lowest BCUT2D eigenvalue weighted by molar-refractivity contribution is 0.306. The number of hydrogen-bond acceptors (Lipinski definition) is 4. The van der Waals surface area contributed by atoms with E-state index >= 15 is 0 Å². The standard InChI is InChI=1S/C16H12O4/c17-13-5-1-11(2-6-13)10-19-14-7-3-12-4-8-16(18)20-15(12)9-14/h1-9,17H,10H2. The van der Waals surface area contributed by atoms with E-state index in [9.17, 15) is 9.90 Å². The van der Waals surface area contributed by atoms with Gasteiger partial charge in [0.2, 0.25) is 0 Å². The zero-order valence-electron chi connectivity index (χ0n) is 10.6. The van der Waals surface area contributed by atoms with Crippen LogP contribution in [0, 0.1) is 0 Å². The molecule has 0 unspecified atom stereocenters. The highest BCUT2D eigenvalue weighted by Crippen LogP contribution is 2.20. The summed E-state index contributed by atoms with van der Waals surface area (Å²) in [6, 6.07) is 15.2. The molecule has 4 nitrogen and oxygen atoms in total. The number of phenolic OH excluding ortho intramolecular Hbond substituents is 1. The third-order valence-corrected chi connectivity index (χ3v) is 2.94. The van der Waals surface area contributed by atoms with Gasteiger partial charge in [-0.15, -0.1) is 0 Å². The molecule has 1 aromatic heterocycles. The maximum atomic E-state index is 11.2. The molecular formula is C16H12O4. The predicted molar refractivity (Wildman–Crippen MR) is 74.9 cm³/mol. The molecule has 3 rings (SSSR count). The van der Waals surface area contributed by atoms with Gasteiger partial charge >= 0.3 is 5.63 Å². The Labute approximate surface area is 114 Å². The molecule has 0 fully saturated rings. The van der Waals surface area contributed by atoms with Crippen molar-refractivity contribution in [3.05, 3.63) is 70.6 Å². The lowest BCUT2D eigenvalue weighted by Crippen LogP contribution is -1.97. The number of benzene rings is 2. The summed E-state index contributed by atoms with van der Waals surface area (Å²) in [6.45, 7) is 0.378. The molecule has 0 amide bonds. The van der Waals surface area contributed by atoms with Crippen molar-refractivity contribution in [3.8, 4) is 11.5 Å². The molecule has 0 aliphatic carbocycles. The Balaban J connectivity index is 1.80. The molecule has 2 aromatic carbocycles. The van der Waals surface area contributed by atoms with E-state index in [4.69, 9.17) is 9.15 Å². The zero-order chi connectivity index (χ0) is 13.9. The molecule has 0 bridgehead atoms. The first-order chi connectivity index (χ1) is 9.70. The zero-order valence-corrected chi connectivity index (χ0v) is 10.6. The Hall–Kier alpha value is -2.75. The Morgan fingerprint density at radius 1 is 1.00 bits per heavy atom. The Kier molecular flexibility index (Phi) is 3.13. The van der Waals surface area contributed by atoms with Crippen LogP contribution in [0.2, 0.25) is 0 Å². The van der Waals surface area contributed by atoms with E-state index < -0.39 is 0 Å². The van der Waals surface area contributed by atoms with Crippen molar-refractivity contribution in [2.45, 2.75) is 6.61 Å². The molecule has 3 aromatic rings. The summed E-state index contributed by atoms with van der Waals surface area (Å²) in [6.07, 6.45) is 0. The second-order valence-corrected chi connectivity index (χ2v) is 4.41. The average Bonchev–Trinajstić information content (AvgIpc) is 2.46. The Morgan fingerprint density at radius 2 is 1.75 bits per heavy atom. The van der Waals surface area contributed by atoms with E-state index in [0.29, 0.717) is 17.9 Å². The number of rotatable bonds is 3. The lowest BCUT2D eigenvalue weighted by atomic mass is 10.2. The Morgan fingerprint density at radius 3 is 2.55 bits per heavy atom. The SMILES string of the molecule is O=c1ccc2ccc(OCc3ccc(O)cc3)cc2o1. The van der Waals surface area contributed by atoms with Gasteiger partial charge in [0, 0.05) is 17.5 Å². The number of hydrogen-bond donors (Lipinski definition) is 1. The van der Waals surface area contributed by atoms with Crippen LogP contribution in [0.5, 0.6) is 11.5 Å². The highest BCUT2D eigenvalue weighted by atomic mass is 16.5. The summed E-state index contributed by atoms with van der Waals surface area (Å²) in [5.74, 6) is 0.848. The molecular weight excluding hydrogens is 256 g/mol. The second-order valence-electron chi connectivity index (χ2n) is 4.41. The largest absolute Gasteiger partial charge is 0.508 e. The number of phenols is 1. The van der Waals surface area contributed by atoms with Crippen LogP contribution in [0.3, 0.4) is 0 Å². The van der Waals surface area contributed by atoms with E-state index in [-0.39, 0.29) is 11.4 Å². The minimum Gasteiger partial charge on any atom is -0.508 e. The fourth-order valence-electron chi connectivity index (χ4n) is 1.89. The summed E-state index contributed by atoms with van der Waals surface area (Å²) < 4.78 is 10.7. The van der Waals surface area contributed by atoms with Crippen molar-refractivity contribution in [2.75, 3.05) is 0 Å². The topological polar surface area (TPSA) is 59.7 Å². The van der Waals surface area contributed by atoms with E-state index in [2.05, 4.69) is 0 Å². The fraction of sp³-hybridized carbons (Fsp3) is 0.0625. The van der Waals surface area contributed by atoms with Crippen LogP contribution in [0.1, 0.15) is 5.56 Å². The molecule has 0 saturated carbocycles. The molecule has 0 aliphatic heterocycles. The summed E-state index contributed by atoms with van der Waals surface area (Å²) in [5, 5.41) is 10.1. The van der Waals surface area contributed by atoms with Crippen LogP contribution < -0.4 is 10.4 Å². The van der Waals surface area contributed by atoms with Gasteiger partial charge in [0.15, 0.2) is 0 Å². The van der Waals surface area contributed by atoms with Gasteiger partial charge in [-0.1, -0.05) is 12.1 Å². The van der Waals surface area contributed by atoms with Crippen LogP contribution in [0.4, 0.5) is 0 Å². The van der Waals surface area contributed by atoms with Crippen molar-refractivity contribution < 1.29 is 14.3 Å². The van der Waals surface area contributed by atoms with Gasteiger partial charge in [-0.05, 0) is 35.9 Å². The molecule has 1 heterocycles. The summed E-state index contributed by atoms with van der Waals surface area (Å²) >= 11 is 0. The van der Waals surface area contributed by atoms with Crippen molar-refractivity contribution in [2.24, 2.45) is 0 Å². The van der Waals surface area contributed by atoms with Gasteiger partial charge in [0.25, 0.3) is 0 Å². The van der Waals surface area contributed by atoms with Crippen molar-refractivity contribution in [1.29, 1.82) is 0 Å². The lowest BCUT2D eigenvalue weighted by Gasteiger charge is -2.07. The first-order valence-corrected chi connectivity index (χ1v) is 6.15. The molecule has 4 heteroatoms. The summed E-state index contributed by atoms with van der Waals surface area (Å²) in [4.78, 5) is 11.2. The van der Waals surface area contributed by atoms with E-state index in [1.54, 1.807) is 36.4 Å². The average molecular weight is 268 g/mol. The maximum absolute atomic E-state index is 11.2.